The number of carbonyl (C=O) groups is 1. The molecule has 0 spiro atoms. The lowest BCUT2D eigenvalue weighted by atomic mass is 10.1. The number of sulfonamides is 1. The van der Waals surface area contributed by atoms with E-state index in [4.69, 9.17) is 0 Å². The third-order valence-electron chi connectivity index (χ3n) is 6.45. The van der Waals surface area contributed by atoms with Gasteiger partial charge in [0.05, 0.1) is 18.6 Å². The van der Waals surface area contributed by atoms with Gasteiger partial charge in [0.25, 0.3) is 0 Å². The lowest BCUT2D eigenvalue weighted by Gasteiger charge is -2.29. The number of para-hydroxylation sites is 1. The average Bonchev–Trinajstić information content (AvgIpc) is 3.32. The molecule has 8 heteroatoms. The van der Waals surface area contributed by atoms with Crippen molar-refractivity contribution in [2.45, 2.75) is 45.2 Å². The molecule has 0 N–H and O–H groups in total. The molecule has 2 aromatic heterocycles. The fraction of sp³-hybridized carbons (Fsp3) is 0.310. The fourth-order valence-corrected chi connectivity index (χ4v) is 6.77. The summed E-state index contributed by atoms with van der Waals surface area (Å²) in [6, 6.07) is 22.6. The van der Waals surface area contributed by atoms with Crippen molar-refractivity contribution in [3.63, 3.8) is 0 Å². The van der Waals surface area contributed by atoms with Gasteiger partial charge in [-0.3, -0.25) is 9.78 Å². The number of fused-ring (bicyclic) bond motifs is 1. The summed E-state index contributed by atoms with van der Waals surface area (Å²) in [5.41, 5.74) is 1.42. The lowest BCUT2D eigenvalue weighted by Crippen LogP contribution is -2.44. The highest BCUT2D eigenvalue weighted by Gasteiger charge is 2.31. The highest BCUT2D eigenvalue weighted by atomic mass is 32.2. The van der Waals surface area contributed by atoms with Crippen LogP contribution in [0, 0.1) is 12.8 Å². The second-order valence-electron chi connectivity index (χ2n) is 9.39. The van der Waals surface area contributed by atoms with Crippen LogP contribution in [0.25, 0.3) is 10.9 Å². The predicted octanol–water partition coefficient (Wildman–Crippen LogP) is 5.87. The van der Waals surface area contributed by atoms with E-state index in [1.54, 1.807) is 40.6 Å². The van der Waals surface area contributed by atoms with Crippen LogP contribution in [-0.4, -0.2) is 41.6 Å². The molecule has 0 aliphatic heterocycles. The summed E-state index contributed by atoms with van der Waals surface area (Å²) in [6.45, 7) is 6.93. The highest BCUT2D eigenvalue weighted by Crippen LogP contribution is 2.26. The molecule has 37 heavy (non-hydrogen) atoms. The number of aromatic nitrogens is 1. The molecule has 0 bridgehead atoms. The summed E-state index contributed by atoms with van der Waals surface area (Å²) in [4.78, 5) is 22.3. The number of amides is 1. The number of pyridine rings is 1. The van der Waals surface area contributed by atoms with Crippen molar-refractivity contribution in [3.8, 4) is 0 Å². The van der Waals surface area contributed by atoms with E-state index in [1.165, 1.54) is 9.18 Å². The summed E-state index contributed by atoms with van der Waals surface area (Å²) in [7, 11) is -3.98. The topological polar surface area (TPSA) is 70.6 Å². The normalized spacial score (nSPS) is 12.6. The third-order valence-corrected chi connectivity index (χ3v) is 9.28. The Bertz CT molecular complexity index is 1450. The molecular formula is C29H33N3O3S2. The Morgan fingerprint density at radius 2 is 1.73 bits per heavy atom. The number of rotatable bonds is 11. The second kappa shape index (κ2) is 12.0. The van der Waals surface area contributed by atoms with E-state index in [-0.39, 0.29) is 29.8 Å². The van der Waals surface area contributed by atoms with Gasteiger partial charge in [-0.15, -0.1) is 11.3 Å². The Morgan fingerprint density at radius 3 is 2.43 bits per heavy atom. The maximum atomic E-state index is 14.0. The van der Waals surface area contributed by atoms with Crippen LogP contribution in [0.15, 0.2) is 83.9 Å². The first-order valence-corrected chi connectivity index (χ1v) is 14.7. The minimum Gasteiger partial charge on any atom is -0.332 e. The van der Waals surface area contributed by atoms with Gasteiger partial charge in [0.1, 0.15) is 4.90 Å². The van der Waals surface area contributed by atoms with Gasteiger partial charge in [0.2, 0.25) is 15.9 Å². The van der Waals surface area contributed by atoms with Crippen molar-refractivity contribution in [1.29, 1.82) is 0 Å². The zero-order valence-electron chi connectivity index (χ0n) is 21.5. The van der Waals surface area contributed by atoms with Gasteiger partial charge in [-0.1, -0.05) is 68.8 Å². The average molecular weight is 536 g/mol. The first-order chi connectivity index (χ1) is 17.8. The van der Waals surface area contributed by atoms with E-state index >= 15 is 0 Å². The third kappa shape index (κ3) is 6.63. The van der Waals surface area contributed by atoms with Gasteiger partial charge < -0.3 is 4.90 Å². The maximum Gasteiger partial charge on any atom is 0.245 e. The number of nitrogens with zero attached hydrogens (tertiary/aromatic N) is 3. The molecule has 0 saturated carbocycles. The summed E-state index contributed by atoms with van der Waals surface area (Å²) < 4.78 is 29.3. The Kier molecular flexibility index (Phi) is 8.74. The molecule has 4 aromatic rings. The van der Waals surface area contributed by atoms with Crippen LogP contribution in [0.3, 0.4) is 0 Å². The van der Waals surface area contributed by atoms with Crippen LogP contribution >= 0.6 is 11.3 Å². The monoisotopic (exact) mass is 535 g/mol. The molecule has 4 rings (SSSR count). The lowest BCUT2D eigenvalue weighted by molar-refractivity contribution is -0.132. The number of hydrogen-bond acceptors (Lipinski definition) is 5. The van der Waals surface area contributed by atoms with E-state index in [0.29, 0.717) is 18.6 Å². The highest BCUT2D eigenvalue weighted by molar-refractivity contribution is 7.89. The van der Waals surface area contributed by atoms with Gasteiger partial charge in [0, 0.05) is 34.4 Å². The van der Waals surface area contributed by atoms with Crippen LogP contribution in [0.4, 0.5) is 0 Å². The van der Waals surface area contributed by atoms with Crippen LogP contribution in [-0.2, 0) is 27.9 Å². The molecule has 2 heterocycles. The molecule has 1 amide bonds. The predicted molar refractivity (Wildman–Crippen MR) is 150 cm³/mol. The number of aryl methyl sites for hydroxylation is 1. The summed E-state index contributed by atoms with van der Waals surface area (Å²) >= 11 is 1.65. The van der Waals surface area contributed by atoms with Crippen molar-refractivity contribution in [3.05, 3.63) is 94.3 Å². The number of carbonyl (C=O) groups excluding carboxylic acids is 1. The van der Waals surface area contributed by atoms with E-state index in [1.807, 2.05) is 75.4 Å². The first kappa shape index (κ1) is 27.0. The van der Waals surface area contributed by atoms with Crippen molar-refractivity contribution >= 4 is 38.2 Å². The summed E-state index contributed by atoms with van der Waals surface area (Å²) in [5.74, 6) is -0.136. The van der Waals surface area contributed by atoms with Crippen LogP contribution < -0.4 is 0 Å². The molecular weight excluding hydrogens is 502 g/mol. The zero-order chi connectivity index (χ0) is 26.4. The molecule has 0 unspecified atom stereocenters. The standard InChI is InChI=1S/C29H33N3O3S2/c1-4-22(2)18-32(37(34,35)27-14-8-12-25-13-9-17-30-29(25)27)21-28(33)31(19-24-10-6-5-7-11-24)20-26-16-15-23(3)36-26/h5-17,22H,4,18-21H2,1-3H3/t22-/m0/s1. The smallest absolute Gasteiger partial charge is 0.245 e. The van der Waals surface area contributed by atoms with Crippen LogP contribution in [0.2, 0.25) is 0 Å². The SMILES string of the molecule is CC[C@H](C)CN(CC(=O)N(Cc1ccccc1)Cc1ccc(C)s1)S(=O)(=O)c1cccc2cccnc12. The van der Waals surface area contributed by atoms with Gasteiger partial charge >= 0.3 is 0 Å². The molecule has 0 fully saturated rings. The minimum absolute atomic E-state index is 0.0908. The van der Waals surface area contributed by atoms with Gasteiger partial charge in [-0.2, -0.15) is 4.31 Å². The number of thiophene rings is 1. The van der Waals surface area contributed by atoms with Crippen molar-refractivity contribution in [1.82, 2.24) is 14.2 Å². The van der Waals surface area contributed by atoms with E-state index in [2.05, 4.69) is 4.98 Å². The molecule has 1 atom stereocenters. The van der Waals surface area contributed by atoms with Gasteiger partial charge in [0.15, 0.2) is 0 Å². The molecule has 2 aromatic carbocycles. The largest absolute Gasteiger partial charge is 0.332 e. The molecule has 0 radical (unpaired) electrons. The summed E-state index contributed by atoms with van der Waals surface area (Å²) in [6.07, 6.45) is 2.40. The van der Waals surface area contributed by atoms with E-state index in [9.17, 15) is 13.2 Å². The number of benzene rings is 2. The first-order valence-electron chi connectivity index (χ1n) is 12.5. The Balaban J connectivity index is 1.67. The minimum atomic E-state index is -3.98. The van der Waals surface area contributed by atoms with Crippen LogP contribution in [0.1, 0.15) is 35.6 Å². The maximum absolute atomic E-state index is 14.0. The molecule has 0 aliphatic rings. The molecule has 0 saturated heterocycles. The fourth-order valence-electron chi connectivity index (χ4n) is 4.19. The number of hydrogen-bond donors (Lipinski definition) is 0. The van der Waals surface area contributed by atoms with Crippen molar-refractivity contribution < 1.29 is 13.2 Å². The molecule has 6 nitrogen and oxygen atoms in total. The Hall–Kier alpha value is -3.07. The molecule has 194 valence electrons. The van der Waals surface area contributed by atoms with Gasteiger partial charge in [-0.05, 0) is 42.7 Å². The Morgan fingerprint density at radius 1 is 0.973 bits per heavy atom. The quantitative estimate of drug-likeness (QED) is 0.241. The van der Waals surface area contributed by atoms with E-state index < -0.39 is 10.0 Å². The van der Waals surface area contributed by atoms with Crippen molar-refractivity contribution in [2.24, 2.45) is 5.92 Å². The summed E-state index contributed by atoms with van der Waals surface area (Å²) in [5, 5.41) is 0.747. The van der Waals surface area contributed by atoms with E-state index in [0.717, 1.165) is 22.2 Å². The van der Waals surface area contributed by atoms with Crippen molar-refractivity contribution in [2.75, 3.05) is 13.1 Å². The zero-order valence-corrected chi connectivity index (χ0v) is 23.1. The van der Waals surface area contributed by atoms with Crippen LogP contribution in [0.5, 0.6) is 0 Å². The van der Waals surface area contributed by atoms with Gasteiger partial charge in [-0.25, -0.2) is 8.42 Å². The second-order valence-corrected chi connectivity index (χ2v) is 12.7. The Labute approximate surface area is 223 Å². The molecule has 0 aliphatic carbocycles.